The van der Waals surface area contributed by atoms with Crippen LogP contribution in [0, 0.1) is 5.92 Å². The Morgan fingerprint density at radius 1 is 1.24 bits per heavy atom. The van der Waals surface area contributed by atoms with Crippen LogP contribution in [0.25, 0.3) is 10.9 Å². The van der Waals surface area contributed by atoms with Gasteiger partial charge in [-0.15, -0.1) is 0 Å². The van der Waals surface area contributed by atoms with E-state index in [0.717, 1.165) is 49.8 Å². The van der Waals surface area contributed by atoms with E-state index in [-0.39, 0.29) is 24.3 Å². The van der Waals surface area contributed by atoms with Gasteiger partial charge in [-0.3, -0.25) is 19.2 Å². The Morgan fingerprint density at radius 3 is 2.76 bits per heavy atom. The molecular weight excluding hydrogens is 318 g/mol. The molecule has 0 saturated carbocycles. The first kappa shape index (κ1) is 17.4. The molecule has 1 aromatic heterocycles. The highest BCUT2D eigenvalue weighted by Gasteiger charge is 2.25. The van der Waals surface area contributed by atoms with Crippen LogP contribution in [-0.2, 0) is 16.1 Å². The molecule has 7 heteroatoms. The van der Waals surface area contributed by atoms with Crippen molar-refractivity contribution in [3.8, 4) is 0 Å². The minimum atomic E-state index is -0.311. The van der Waals surface area contributed by atoms with Crippen LogP contribution >= 0.6 is 0 Å². The Kier molecular flexibility index (Phi) is 5.65. The van der Waals surface area contributed by atoms with Gasteiger partial charge < -0.3 is 11.1 Å². The van der Waals surface area contributed by atoms with Crippen LogP contribution in [0.4, 0.5) is 0 Å². The van der Waals surface area contributed by atoms with Crippen molar-refractivity contribution in [3.05, 3.63) is 30.5 Å². The standard InChI is InChI=1S/C18H25N5O2/c19-17(24)13-22-10-6-14(7-11-22)18(25)20-8-3-9-23-16-5-2-1-4-15(16)12-21-23/h1-2,4-5,12,14H,3,6-11,13H2,(H2,19,24)(H,20,25). The number of fused-ring (bicyclic) bond motifs is 1. The molecule has 1 fully saturated rings. The van der Waals surface area contributed by atoms with E-state index >= 15 is 0 Å². The fourth-order valence-electron chi connectivity index (χ4n) is 3.36. The summed E-state index contributed by atoms with van der Waals surface area (Å²) in [6.07, 6.45) is 4.28. The molecule has 134 valence electrons. The van der Waals surface area contributed by atoms with Gasteiger partial charge in [0.15, 0.2) is 0 Å². The Balaban J connectivity index is 1.38. The van der Waals surface area contributed by atoms with Gasteiger partial charge in [0.1, 0.15) is 0 Å². The largest absolute Gasteiger partial charge is 0.369 e. The van der Waals surface area contributed by atoms with Gasteiger partial charge in [0, 0.05) is 24.4 Å². The van der Waals surface area contributed by atoms with Crippen molar-refractivity contribution in [2.24, 2.45) is 11.7 Å². The third kappa shape index (κ3) is 4.57. The number of piperidine rings is 1. The molecule has 0 aliphatic carbocycles. The predicted molar refractivity (Wildman–Crippen MR) is 95.7 cm³/mol. The number of aryl methyl sites for hydroxylation is 1. The molecule has 0 unspecified atom stereocenters. The summed E-state index contributed by atoms with van der Waals surface area (Å²) in [6, 6.07) is 8.11. The number of nitrogens with two attached hydrogens (primary N) is 1. The summed E-state index contributed by atoms with van der Waals surface area (Å²) < 4.78 is 1.98. The number of hydrogen-bond donors (Lipinski definition) is 2. The van der Waals surface area contributed by atoms with Gasteiger partial charge in [-0.1, -0.05) is 18.2 Å². The van der Waals surface area contributed by atoms with Gasteiger partial charge in [-0.05, 0) is 38.4 Å². The molecule has 25 heavy (non-hydrogen) atoms. The van der Waals surface area contributed by atoms with Crippen molar-refractivity contribution in [2.45, 2.75) is 25.8 Å². The summed E-state index contributed by atoms with van der Waals surface area (Å²) in [5.74, 6) is -0.159. The van der Waals surface area contributed by atoms with E-state index in [9.17, 15) is 9.59 Å². The maximum Gasteiger partial charge on any atom is 0.231 e. The first-order valence-electron chi connectivity index (χ1n) is 8.82. The molecule has 7 nitrogen and oxygen atoms in total. The number of likely N-dealkylation sites (tertiary alicyclic amines) is 1. The number of para-hydroxylation sites is 1. The van der Waals surface area contributed by atoms with Crippen LogP contribution in [0.5, 0.6) is 0 Å². The third-order valence-corrected chi connectivity index (χ3v) is 4.73. The number of carbonyl (C=O) groups is 2. The van der Waals surface area contributed by atoms with Crippen LogP contribution in [0.2, 0.25) is 0 Å². The molecule has 3 rings (SSSR count). The van der Waals surface area contributed by atoms with E-state index in [2.05, 4.69) is 16.5 Å². The first-order chi connectivity index (χ1) is 12.1. The number of benzene rings is 1. The number of nitrogens with zero attached hydrogens (tertiary/aromatic N) is 3. The van der Waals surface area contributed by atoms with E-state index < -0.39 is 0 Å². The summed E-state index contributed by atoms with van der Waals surface area (Å²) in [5, 5.41) is 8.56. The van der Waals surface area contributed by atoms with Gasteiger partial charge in [-0.25, -0.2) is 0 Å². The van der Waals surface area contributed by atoms with E-state index in [0.29, 0.717) is 6.54 Å². The molecule has 1 aliphatic rings. The summed E-state index contributed by atoms with van der Waals surface area (Å²) >= 11 is 0. The number of aromatic nitrogens is 2. The van der Waals surface area contributed by atoms with Crippen molar-refractivity contribution < 1.29 is 9.59 Å². The second-order valence-electron chi connectivity index (χ2n) is 6.59. The SMILES string of the molecule is NC(=O)CN1CCC(C(=O)NCCCn2ncc3ccccc32)CC1. The zero-order valence-electron chi connectivity index (χ0n) is 14.4. The number of amides is 2. The number of carbonyl (C=O) groups excluding carboxylic acids is 2. The summed E-state index contributed by atoms with van der Waals surface area (Å²) in [5.41, 5.74) is 6.33. The number of nitrogens with one attached hydrogen (secondary N) is 1. The van der Waals surface area contributed by atoms with Gasteiger partial charge in [-0.2, -0.15) is 5.10 Å². The average Bonchev–Trinajstić information content (AvgIpc) is 3.02. The molecule has 2 heterocycles. The Bertz CT molecular complexity index is 734. The average molecular weight is 343 g/mol. The fourth-order valence-corrected chi connectivity index (χ4v) is 3.36. The third-order valence-electron chi connectivity index (χ3n) is 4.73. The van der Waals surface area contributed by atoms with Gasteiger partial charge in [0.25, 0.3) is 0 Å². The van der Waals surface area contributed by atoms with Crippen LogP contribution in [-0.4, -0.2) is 52.7 Å². The van der Waals surface area contributed by atoms with Crippen molar-refractivity contribution in [3.63, 3.8) is 0 Å². The van der Waals surface area contributed by atoms with Crippen molar-refractivity contribution in [2.75, 3.05) is 26.2 Å². The summed E-state index contributed by atoms with van der Waals surface area (Å²) in [7, 11) is 0. The lowest BCUT2D eigenvalue weighted by Crippen LogP contribution is -2.43. The van der Waals surface area contributed by atoms with E-state index in [1.807, 2.05) is 34.0 Å². The van der Waals surface area contributed by atoms with Gasteiger partial charge >= 0.3 is 0 Å². The Labute approximate surface area is 147 Å². The minimum absolute atomic E-state index is 0.0367. The molecular formula is C18H25N5O2. The van der Waals surface area contributed by atoms with Crippen molar-refractivity contribution in [1.82, 2.24) is 20.0 Å². The molecule has 0 radical (unpaired) electrons. The number of primary amides is 1. The molecule has 0 atom stereocenters. The smallest absolute Gasteiger partial charge is 0.231 e. The fraction of sp³-hybridized carbons (Fsp3) is 0.500. The predicted octanol–water partition coefficient (Wildman–Crippen LogP) is 0.740. The zero-order valence-corrected chi connectivity index (χ0v) is 14.4. The van der Waals surface area contributed by atoms with Gasteiger partial charge in [0.05, 0.1) is 18.3 Å². The summed E-state index contributed by atoms with van der Waals surface area (Å²) in [6.45, 7) is 3.21. The van der Waals surface area contributed by atoms with Crippen LogP contribution in [0.1, 0.15) is 19.3 Å². The Hall–Kier alpha value is -2.41. The maximum absolute atomic E-state index is 12.3. The quantitative estimate of drug-likeness (QED) is 0.725. The molecule has 2 amide bonds. The monoisotopic (exact) mass is 343 g/mol. The Morgan fingerprint density at radius 2 is 2.00 bits per heavy atom. The number of hydrogen-bond acceptors (Lipinski definition) is 4. The molecule has 0 bridgehead atoms. The van der Waals surface area contributed by atoms with Crippen LogP contribution < -0.4 is 11.1 Å². The van der Waals surface area contributed by atoms with E-state index in [1.54, 1.807) is 0 Å². The zero-order chi connectivity index (χ0) is 17.6. The highest BCUT2D eigenvalue weighted by Crippen LogP contribution is 2.17. The first-order valence-corrected chi connectivity index (χ1v) is 8.82. The topological polar surface area (TPSA) is 93.3 Å². The van der Waals surface area contributed by atoms with Crippen LogP contribution in [0.3, 0.4) is 0 Å². The lowest BCUT2D eigenvalue weighted by Gasteiger charge is -2.30. The summed E-state index contributed by atoms with van der Waals surface area (Å²) in [4.78, 5) is 25.2. The molecule has 3 N–H and O–H groups in total. The molecule has 0 spiro atoms. The van der Waals surface area contributed by atoms with Crippen LogP contribution in [0.15, 0.2) is 30.5 Å². The lowest BCUT2D eigenvalue weighted by molar-refractivity contribution is -0.126. The van der Waals surface area contributed by atoms with E-state index in [4.69, 9.17) is 5.73 Å². The molecule has 1 aliphatic heterocycles. The normalized spacial score (nSPS) is 16.2. The second-order valence-corrected chi connectivity index (χ2v) is 6.59. The van der Waals surface area contributed by atoms with E-state index in [1.165, 1.54) is 0 Å². The maximum atomic E-state index is 12.3. The molecule has 2 aromatic rings. The highest BCUT2D eigenvalue weighted by molar-refractivity contribution is 5.79. The minimum Gasteiger partial charge on any atom is -0.369 e. The van der Waals surface area contributed by atoms with Crippen molar-refractivity contribution >= 4 is 22.7 Å². The second kappa shape index (κ2) is 8.11. The highest BCUT2D eigenvalue weighted by atomic mass is 16.2. The van der Waals surface area contributed by atoms with Crippen molar-refractivity contribution in [1.29, 1.82) is 0 Å². The van der Waals surface area contributed by atoms with Gasteiger partial charge in [0.2, 0.25) is 11.8 Å². The molecule has 1 aromatic carbocycles. The lowest BCUT2D eigenvalue weighted by atomic mass is 9.96. The molecule has 1 saturated heterocycles. The number of rotatable bonds is 7.